The summed E-state index contributed by atoms with van der Waals surface area (Å²) in [6.07, 6.45) is 2.58. The molecular formula is C40H58O4Si2. The summed E-state index contributed by atoms with van der Waals surface area (Å²) in [7, 11) is -4.77. The van der Waals surface area contributed by atoms with E-state index in [1.54, 1.807) is 0 Å². The number of ketones is 1. The van der Waals surface area contributed by atoms with Crippen LogP contribution in [0.5, 0.6) is 0 Å². The molecule has 1 aliphatic heterocycles. The minimum absolute atomic E-state index is 0.0382. The van der Waals surface area contributed by atoms with Crippen LogP contribution in [0.4, 0.5) is 0 Å². The molecule has 6 heteroatoms. The summed E-state index contributed by atoms with van der Waals surface area (Å²) in [4.78, 5) is 13.4. The zero-order valence-electron chi connectivity index (χ0n) is 29.8. The molecule has 0 saturated carbocycles. The predicted molar refractivity (Wildman–Crippen MR) is 197 cm³/mol. The van der Waals surface area contributed by atoms with Gasteiger partial charge in [0.1, 0.15) is 0 Å². The fourth-order valence-corrected chi connectivity index (χ4v) is 18.4. The highest BCUT2D eigenvalue weighted by Gasteiger charge is 2.51. The minimum atomic E-state index is -2.66. The first-order valence-corrected chi connectivity index (χ1v) is 21.5. The van der Waals surface area contributed by atoms with E-state index >= 15 is 0 Å². The third-order valence-electron chi connectivity index (χ3n) is 10.2. The third kappa shape index (κ3) is 8.02. The lowest BCUT2D eigenvalue weighted by Crippen LogP contribution is -2.66. The van der Waals surface area contributed by atoms with Crippen LogP contribution in [0.15, 0.2) is 91.0 Å². The molecule has 1 aliphatic rings. The van der Waals surface area contributed by atoms with Crippen LogP contribution in [-0.2, 0) is 13.6 Å². The SMILES string of the molecule is CC(C)[Si](O[C@H]1C[C@@H](CCO[Si](c2ccccc2)(c2ccccc2)C(C)(C)C)O[C@@H](CC(=O)c2ccccc2)C1)(C(C)C)C(C)C. The van der Waals surface area contributed by atoms with E-state index < -0.39 is 16.6 Å². The fourth-order valence-electron chi connectivity index (χ4n) is 8.23. The van der Waals surface area contributed by atoms with Crippen LogP contribution in [-0.4, -0.2) is 47.3 Å². The highest BCUT2D eigenvalue weighted by atomic mass is 28.4. The van der Waals surface area contributed by atoms with Gasteiger partial charge in [-0.3, -0.25) is 4.79 Å². The van der Waals surface area contributed by atoms with E-state index in [-0.39, 0.29) is 29.1 Å². The van der Waals surface area contributed by atoms with Crippen molar-refractivity contribution in [3.05, 3.63) is 96.6 Å². The van der Waals surface area contributed by atoms with Crippen molar-refractivity contribution in [3.63, 3.8) is 0 Å². The number of Topliss-reactive ketones (excluding diaryl/α,β-unsaturated/α-hetero) is 1. The summed E-state index contributed by atoms with van der Waals surface area (Å²) >= 11 is 0. The molecule has 0 radical (unpaired) electrons. The molecule has 0 unspecified atom stereocenters. The van der Waals surface area contributed by atoms with E-state index in [1.165, 1.54) is 10.4 Å². The van der Waals surface area contributed by atoms with Crippen molar-refractivity contribution in [2.75, 3.05) is 6.61 Å². The van der Waals surface area contributed by atoms with Crippen molar-refractivity contribution in [1.82, 2.24) is 0 Å². The Labute approximate surface area is 281 Å². The van der Waals surface area contributed by atoms with Gasteiger partial charge in [-0.15, -0.1) is 0 Å². The smallest absolute Gasteiger partial charge is 0.261 e. The molecule has 1 fully saturated rings. The number of carbonyl (C=O) groups excluding carboxylic acids is 1. The lowest BCUT2D eigenvalue weighted by Gasteiger charge is -2.47. The quantitative estimate of drug-likeness (QED) is 0.128. The van der Waals surface area contributed by atoms with Crippen LogP contribution in [0.1, 0.15) is 98.4 Å². The monoisotopic (exact) mass is 658 g/mol. The highest BCUT2D eigenvalue weighted by Crippen LogP contribution is 2.45. The molecule has 0 amide bonds. The van der Waals surface area contributed by atoms with Gasteiger partial charge in [0, 0.05) is 18.6 Å². The molecule has 0 bridgehead atoms. The Morgan fingerprint density at radius 2 is 1.20 bits per heavy atom. The summed E-state index contributed by atoms with van der Waals surface area (Å²) < 4.78 is 21.4. The zero-order chi connectivity index (χ0) is 33.5. The second-order valence-corrected chi connectivity index (χ2v) is 24.9. The van der Waals surface area contributed by atoms with Crippen molar-refractivity contribution in [3.8, 4) is 0 Å². The predicted octanol–water partition coefficient (Wildman–Crippen LogP) is 9.33. The Hall–Kier alpha value is -2.36. The maximum Gasteiger partial charge on any atom is 0.261 e. The molecule has 3 atom stereocenters. The van der Waals surface area contributed by atoms with E-state index in [1.807, 2.05) is 30.3 Å². The van der Waals surface area contributed by atoms with Gasteiger partial charge in [-0.05, 0) is 51.3 Å². The van der Waals surface area contributed by atoms with Gasteiger partial charge in [0.15, 0.2) is 5.78 Å². The molecule has 4 rings (SSSR count). The van der Waals surface area contributed by atoms with Crippen LogP contribution in [0, 0.1) is 0 Å². The largest absolute Gasteiger partial charge is 0.413 e. The number of hydrogen-bond acceptors (Lipinski definition) is 4. The fraction of sp³-hybridized carbons (Fsp3) is 0.525. The standard InChI is InChI=1S/C40H58O4Si2/c1-30(2)45(31(3)4,32(5)6)44-36-27-34(43-35(28-36)29-39(41)33-19-13-10-14-20-33)25-26-42-46(40(7,8)9,37-21-15-11-16-22-37)38-23-17-12-18-24-38/h10-24,30-32,34-36H,25-29H2,1-9H3/t34-,35-,36+/m1/s1. The van der Waals surface area contributed by atoms with Gasteiger partial charge in [-0.1, -0.05) is 153 Å². The van der Waals surface area contributed by atoms with E-state index in [2.05, 4.69) is 123 Å². The van der Waals surface area contributed by atoms with E-state index in [4.69, 9.17) is 13.6 Å². The van der Waals surface area contributed by atoms with Crippen molar-refractivity contribution in [1.29, 1.82) is 0 Å². The van der Waals surface area contributed by atoms with Gasteiger partial charge in [0.25, 0.3) is 8.32 Å². The first-order chi connectivity index (χ1) is 21.8. The number of benzene rings is 3. The molecule has 0 N–H and O–H groups in total. The first-order valence-electron chi connectivity index (χ1n) is 17.5. The summed E-state index contributed by atoms with van der Waals surface area (Å²) in [5, 5.41) is 2.48. The maximum absolute atomic E-state index is 13.4. The Balaban J connectivity index is 1.61. The highest BCUT2D eigenvalue weighted by molar-refractivity contribution is 6.99. The van der Waals surface area contributed by atoms with Crippen molar-refractivity contribution in [2.45, 2.75) is 128 Å². The maximum atomic E-state index is 13.4. The average Bonchev–Trinajstić information content (AvgIpc) is 3.02. The minimum Gasteiger partial charge on any atom is -0.413 e. The van der Waals surface area contributed by atoms with Crippen LogP contribution in [0.2, 0.25) is 21.7 Å². The Bertz CT molecular complexity index is 1290. The second-order valence-electron chi connectivity index (χ2n) is 15.2. The molecule has 0 aliphatic carbocycles. The normalized spacial score (nSPS) is 19.6. The Morgan fingerprint density at radius 3 is 1.65 bits per heavy atom. The van der Waals surface area contributed by atoms with Gasteiger partial charge < -0.3 is 13.6 Å². The lowest BCUT2D eigenvalue weighted by atomic mass is 9.95. The van der Waals surface area contributed by atoms with Gasteiger partial charge in [-0.2, -0.15) is 0 Å². The van der Waals surface area contributed by atoms with Crippen LogP contribution < -0.4 is 10.4 Å². The molecule has 4 nitrogen and oxygen atoms in total. The van der Waals surface area contributed by atoms with E-state index in [0.29, 0.717) is 29.7 Å². The average molecular weight is 659 g/mol. The van der Waals surface area contributed by atoms with Crippen LogP contribution >= 0.6 is 0 Å². The van der Waals surface area contributed by atoms with Gasteiger partial charge >= 0.3 is 0 Å². The molecule has 0 spiro atoms. The molecule has 3 aromatic carbocycles. The number of hydrogen-bond donors (Lipinski definition) is 0. The summed E-state index contributed by atoms with van der Waals surface area (Å²) in [6.45, 7) is 21.6. The molecule has 1 saturated heterocycles. The summed E-state index contributed by atoms with van der Waals surface area (Å²) in [5.41, 5.74) is 2.24. The van der Waals surface area contributed by atoms with Gasteiger partial charge in [-0.25, -0.2) is 0 Å². The molecule has 0 aromatic heterocycles. The number of carbonyl (C=O) groups is 1. The molecule has 3 aromatic rings. The van der Waals surface area contributed by atoms with E-state index in [0.717, 1.165) is 24.8 Å². The van der Waals surface area contributed by atoms with Crippen molar-refractivity contribution >= 4 is 32.8 Å². The Morgan fingerprint density at radius 1 is 0.739 bits per heavy atom. The van der Waals surface area contributed by atoms with Crippen molar-refractivity contribution in [2.24, 2.45) is 0 Å². The van der Waals surface area contributed by atoms with E-state index in [9.17, 15) is 4.79 Å². The van der Waals surface area contributed by atoms with Crippen LogP contribution in [0.25, 0.3) is 0 Å². The van der Waals surface area contributed by atoms with Gasteiger partial charge in [0.05, 0.1) is 18.3 Å². The van der Waals surface area contributed by atoms with Crippen molar-refractivity contribution < 1.29 is 18.4 Å². The van der Waals surface area contributed by atoms with Gasteiger partial charge in [0.2, 0.25) is 8.32 Å². The second kappa shape index (κ2) is 15.7. The molecule has 250 valence electrons. The first kappa shape index (κ1) is 36.5. The molecular weight excluding hydrogens is 601 g/mol. The molecule has 46 heavy (non-hydrogen) atoms. The summed E-state index contributed by atoms with van der Waals surface area (Å²) in [6, 6.07) is 31.3. The third-order valence-corrected chi connectivity index (χ3v) is 21.4. The topological polar surface area (TPSA) is 44.8 Å². The lowest BCUT2D eigenvalue weighted by molar-refractivity contribution is -0.0966. The Kier molecular flexibility index (Phi) is 12.4. The zero-order valence-corrected chi connectivity index (χ0v) is 31.8. The summed E-state index contributed by atoms with van der Waals surface area (Å²) in [5.74, 6) is 0.133. The number of rotatable bonds is 14. The molecule has 1 heterocycles. The van der Waals surface area contributed by atoms with Crippen LogP contribution in [0.3, 0.4) is 0 Å². The number of ether oxygens (including phenoxy) is 1.